The van der Waals surface area contributed by atoms with E-state index in [0.717, 1.165) is 60.4 Å². The van der Waals surface area contributed by atoms with Gasteiger partial charge in [-0.25, -0.2) is 15.0 Å². The van der Waals surface area contributed by atoms with Gasteiger partial charge in [0.25, 0.3) is 0 Å². The first-order valence-corrected chi connectivity index (χ1v) is 18.5. The van der Waals surface area contributed by atoms with Gasteiger partial charge in [-0.2, -0.15) is 0 Å². The molecule has 0 aliphatic heterocycles. The summed E-state index contributed by atoms with van der Waals surface area (Å²) in [5.74, 6) is 1.86. The summed E-state index contributed by atoms with van der Waals surface area (Å²) in [6.45, 7) is 0. The van der Waals surface area contributed by atoms with Crippen molar-refractivity contribution in [3.05, 3.63) is 188 Å². The van der Waals surface area contributed by atoms with Crippen molar-refractivity contribution in [2.24, 2.45) is 0 Å². The third kappa shape index (κ3) is 5.43. The molecule has 11 rings (SSSR count). The van der Waals surface area contributed by atoms with E-state index in [-0.39, 0.29) is 0 Å². The zero-order valence-electron chi connectivity index (χ0n) is 29.6. The van der Waals surface area contributed by atoms with Gasteiger partial charge >= 0.3 is 0 Å². The summed E-state index contributed by atoms with van der Waals surface area (Å²) in [5.41, 5.74) is 9.24. The van der Waals surface area contributed by atoms with E-state index in [1.54, 1.807) is 0 Å². The molecule has 11 aromatic rings. The number of fused-ring (bicyclic) bond motifs is 6. The van der Waals surface area contributed by atoms with Crippen LogP contribution in [0, 0.1) is 0 Å². The highest BCUT2D eigenvalue weighted by Crippen LogP contribution is 2.36. The van der Waals surface area contributed by atoms with E-state index >= 15 is 0 Å². The molecule has 0 N–H and O–H groups in total. The van der Waals surface area contributed by atoms with Crippen LogP contribution < -0.4 is 0 Å². The fourth-order valence-corrected chi connectivity index (χ4v) is 7.94. The fraction of sp³-hybridized carbons (Fsp3) is 0. The minimum atomic E-state index is 0.614. The summed E-state index contributed by atoms with van der Waals surface area (Å²) in [7, 11) is 0. The Labute approximate surface area is 317 Å². The van der Waals surface area contributed by atoms with E-state index < -0.39 is 0 Å². The number of benzene rings is 9. The van der Waals surface area contributed by atoms with Crippen molar-refractivity contribution < 1.29 is 4.42 Å². The number of furan rings is 1. The summed E-state index contributed by atoms with van der Waals surface area (Å²) in [5, 5.41) is 9.18. The Bertz CT molecular complexity index is 3250. The maximum Gasteiger partial charge on any atom is 0.164 e. The zero-order valence-corrected chi connectivity index (χ0v) is 29.6. The van der Waals surface area contributed by atoms with E-state index in [2.05, 4.69) is 176 Å². The average molecular weight is 702 g/mol. The average Bonchev–Trinajstić information content (AvgIpc) is 3.62. The monoisotopic (exact) mass is 701 g/mol. The molecule has 0 radical (unpaired) electrons. The zero-order chi connectivity index (χ0) is 36.3. The lowest BCUT2D eigenvalue weighted by Gasteiger charge is -2.12. The molecule has 0 fully saturated rings. The Kier molecular flexibility index (Phi) is 7.14. The first kappa shape index (κ1) is 31.1. The van der Waals surface area contributed by atoms with Gasteiger partial charge in [-0.15, -0.1) is 0 Å². The van der Waals surface area contributed by atoms with Gasteiger partial charge in [-0.1, -0.05) is 158 Å². The highest BCUT2D eigenvalue weighted by atomic mass is 16.3. The van der Waals surface area contributed by atoms with Crippen LogP contribution >= 0.6 is 0 Å². The minimum Gasteiger partial charge on any atom is -0.456 e. The second-order valence-corrected chi connectivity index (χ2v) is 14.0. The van der Waals surface area contributed by atoms with Crippen LogP contribution in [0.5, 0.6) is 0 Å². The molecule has 256 valence electrons. The van der Waals surface area contributed by atoms with Crippen LogP contribution in [0.3, 0.4) is 0 Å². The Morgan fingerprint density at radius 3 is 1.60 bits per heavy atom. The van der Waals surface area contributed by atoms with Gasteiger partial charge in [-0.05, 0) is 84.9 Å². The normalized spacial score (nSPS) is 11.6. The molecule has 0 aliphatic rings. The molecule has 0 amide bonds. The summed E-state index contributed by atoms with van der Waals surface area (Å²) in [4.78, 5) is 15.4. The molecule has 0 saturated heterocycles. The Morgan fingerprint density at radius 2 is 0.818 bits per heavy atom. The number of rotatable bonds is 5. The maximum absolute atomic E-state index is 6.26. The molecule has 2 aromatic heterocycles. The van der Waals surface area contributed by atoms with Crippen LogP contribution in [0.1, 0.15) is 0 Å². The lowest BCUT2D eigenvalue weighted by Crippen LogP contribution is -2.00. The lowest BCUT2D eigenvalue weighted by atomic mass is 9.97. The molecule has 0 spiro atoms. The number of aromatic nitrogens is 3. The molecule has 0 atom stereocenters. The van der Waals surface area contributed by atoms with Crippen molar-refractivity contribution in [3.63, 3.8) is 0 Å². The van der Waals surface area contributed by atoms with Crippen LogP contribution in [-0.4, -0.2) is 15.0 Å². The van der Waals surface area contributed by atoms with Gasteiger partial charge in [0.05, 0.1) is 0 Å². The van der Waals surface area contributed by atoms with E-state index in [9.17, 15) is 0 Å². The van der Waals surface area contributed by atoms with Crippen LogP contribution in [0.4, 0.5) is 0 Å². The molecule has 4 heteroatoms. The SMILES string of the molecule is c1ccc(-c2cccc3cc(-c4nc(-c5ccc(-c6cccc7ccccc67)cc5)nc(-c5ccc6cc7c(cc6c5)oc5ccccc57)n4)ccc23)cc1. The minimum absolute atomic E-state index is 0.614. The predicted octanol–water partition coefficient (Wildman–Crippen LogP) is 13.6. The van der Waals surface area contributed by atoms with Crippen molar-refractivity contribution in [1.82, 2.24) is 15.0 Å². The number of nitrogens with zero attached hydrogens (tertiary/aromatic N) is 3. The first-order valence-electron chi connectivity index (χ1n) is 18.5. The van der Waals surface area contributed by atoms with E-state index in [4.69, 9.17) is 19.4 Å². The highest BCUT2D eigenvalue weighted by molar-refractivity contribution is 6.10. The van der Waals surface area contributed by atoms with Crippen LogP contribution in [0.15, 0.2) is 192 Å². The second kappa shape index (κ2) is 12.6. The van der Waals surface area contributed by atoms with Crippen LogP contribution in [0.25, 0.3) is 111 Å². The second-order valence-electron chi connectivity index (χ2n) is 14.0. The van der Waals surface area contributed by atoms with Crippen molar-refractivity contribution in [1.29, 1.82) is 0 Å². The third-order valence-corrected chi connectivity index (χ3v) is 10.7. The van der Waals surface area contributed by atoms with Crippen LogP contribution in [-0.2, 0) is 0 Å². The van der Waals surface area contributed by atoms with Gasteiger partial charge < -0.3 is 4.42 Å². The van der Waals surface area contributed by atoms with E-state index in [1.807, 2.05) is 12.1 Å². The van der Waals surface area contributed by atoms with Crippen molar-refractivity contribution in [3.8, 4) is 56.4 Å². The van der Waals surface area contributed by atoms with Gasteiger partial charge in [0.1, 0.15) is 11.2 Å². The molecule has 4 nitrogen and oxygen atoms in total. The molecule has 55 heavy (non-hydrogen) atoms. The lowest BCUT2D eigenvalue weighted by molar-refractivity contribution is 0.669. The van der Waals surface area contributed by atoms with Crippen molar-refractivity contribution in [2.75, 3.05) is 0 Å². The summed E-state index contributed by atoms with van der Waals surface area (Å²) >= 11 is 0. The molecule has 0 aliphatic carbocycles. The molecular formula is C51H31N3O. The molecule has 0 unspecified atom stereocenters. The van der Waals surface area contributed by atoms with Crippen molar-refractivity contribution >= 4 is 54.3 Å². The van der Waals surface area contributed by atoms with Crippen molar-refractivity contribution in [2.45, 2.75) is 0 Å². The maximum atomic E-state index is 6.26. The Morgan fingerprint density at radius 1 is 0.273 bits per heavy atom. The number of hydrogen-bond donors (Lipinski definition) is 0. The van der Waals surface area contributed by atoms with E-state index in [1.165, 1.54) is 32.8 Å². The molecule has 9 aromatic carbocycles. The Hall–Kier alpha value is -7.43. The predicted molar refractivity (Wildman–Crippen MR) is 227 cm³/mol. The smallest absolute Gasteiger partial charge is 0.164 e. The quantitative estimate of drug-likeness (QED) is 0.179. The van der Waals surface area contributed by atoms with Gasteiger partial charge in [0.2, 0.25) is 0 Å². The van der Waals surface area contributed by atoms with Gasteiger partial charge in [0.15, 0.2) is 17.5 Å². The fourth-order valence-electron chi connectivity index (χ4n) is 7.94. The van der Waals surface area contributed by atoms with Gasteiger partial charge in [0, 0.05) is 27.5 Å². The molecule has 0 saturated carbocycles. The Balaban J connectivity index is 1.05. The topological polar surface area (TPSA) is 51.8 Å². The number of para-hydroxylation sites is 1. The largest absolute Gasteiger partial charge is 0.456 e. The molecule has 0 bridgehead atoms. The third-order valence-electron chi connectivity index (χ3n) is 10.7. The standard InChI is InChI=1S/C51H31N3O/c1-2-10-32(11-3-1)42-18-9-14-37-28-39(26-27-44(37)42)51-53-49(35-22-20-34(21-23-35)43-17-8-13-33-12-4-5-15-41(33)43)52-50(54-51)38-25-24-36-30-46-45-16-6-7-19-47(45)55-48(46)31-40(36)29-38/h1-31H. The molecular weight excluding hydrogens is 671 g/mol. The highest BCUT2D eigenvalue weighted by Gasteiger charge is 2.16. The summed E-state index contributed by atoms with van der Waals surface area (Å²) < 4.78 is 6.26. The van der Waals surface area contributed by atoms with Gasteiger partial charge in [-0.3, -0.25) is 0 Å². The molecule has 2 heterocycles. The van der Waals surface area contributed by atoms with E-state index in [0.29, 0.717) is 17.5 Å². The summed E-state index contributed by atoms with van der Waals surface area (Å²) in [6, 6.07) is 65.9. The summed E-state index contributed by atoms with van der Waals surface area (Å²) in [6.07, 6.45) is 0. The number of hydrogen-bond acceptors (Lipinski definition) is 4. The first-order chi connectivity index (χ1) is 27.2. The van der Waals surface area contributed by atoms with Crippen LogP contribution in [0.2, 0.25) is 0 Å².